The summed E-state index contributed by atoms with van der Waals surface area (Å²) in [7, 11) is 0. The summed E-state index contributed by atoms with van der Waals surface area (Å²) in [5.41, 5.74) is 10.6. The van der Waals surface area contributed by atoms with Crippen LogP contribution in [0.5, 0.6) is 0 Å². The first-order valence-corrected chi connectivity index (χ1v) is 4.43. The molecule has 0 spiro atoms. The Balaban J connectivity index is 2.93. The molecule has 0 aliphatic rings. The maximum absolute atomic E-state index is 5.32. The van der Waals surface area contributed by atoms with Crippen LogP contribution in [0.25, 0.3) is 0 Å². The first-order chi connectivity index (χ1) is 5.91. The molecule has 0 saturated carbocycles. The zero-order valence-electron chi connectivity index (χ0n) is 7.55. The second kappa shape index (κ2) is 10.3. The molecule has 0 aromatic carbocycles. The third-order valence-electron chi connectivity index (χ3n) is 1.37. The smallest absolute Gasteiger partial charge is 0.0153 e. The van der Waals surface area contributed by atoms with Crippen molar-refractivity contribution in [3.8, 4) is 0 Å². The molecule has 0 rings (SSSR count). The third kappa shape index (κ3) is 9.26. The molecule has 0 unspecified atom stereocenters. The molecule has 0 fully saturated rings. The van der Waals surface area contributed by atoms with Gasteiger partial charge in [-0.15, -0.1) is 0 Å². The molecule has 4 heteroatoms. The maximum Gasteiger partial charge on any atom is 0.0153 e. The van der Waals surface area contributed by atoms with Crippen LogP contribution < -0.4 is 22.1 Å². The Morgan fingerprint density at radius 2 is 1.25 bits per heavy atom. The lowest BCUT2D eigenvalue weighted by Crippen LogP contribution is -2.15. The highest BCUT2D eigenvalue weighted by Crippen LogP contribution is 1.71. The van der Waals surface area contributed by atoms with Crippen molar-refractivity contribution in [1.82, 2.24) is 10.6 Å². The van der Waals surface area contributed by atoms with Crippen molar-refractivity contribution in [2.24, 2.45) is 11.5 Å². The molecule has 6 N–H and O–H groups in total. The zero-order chi connectivity index (χ0) is 9.07. The number of hydrogen-bond donors (Lipinski definition) is 4. The van der Waals surface area contributed by atoms with E-state index in [1.165, 1.54) is 0 Å². The highest BCUT2D eigenvalue weighted by molar-refractivity contribution is 4.76. The van der Waals surface area contributed by atoms with E-state index in [1.54, 1.807) is 0 Å². The van der Waals surface area contributed by atoms with E-state index in [0.717, 1.165) is 39.0 Å². The zero-order valence-corrected chi connectivity index (χ0v) is 7.55. The van der Waals surface area contributed by atoms with Crippen LogP contribution in [-0.4, -0.2) is 26.2 Å². The van der Waals surface area contributed by atoms with Gasteiger partial charge < -0.3 is 22.1 Å². The normalized spacial score (nSPS) is 10.5. The summed E-state index contributed by atoms with van der Waals surface area (Å²) in [6, 6.07) is 0. The second-order valence-electron chi connectivity index (χ2n) is 2.53. The van der Waals surface area contributed by atoms with Crippen molar-refractivity contribution in [2.45, 2.75) is 12.8 Å². The first-order valence-electron chi connectivity index (χ1n) is 4.43. The Bertz CT molecular complexity index is 91.2. The van der Waals surface area contributed by atoms with Gasteiger partial charge in [-0.05, 0) is 25.9 Å². The van der Waals surface area contributed by atoms with Crippen LogP contribution in [0.3, 0.4) is 0 Å². The van der Waals surface area contributed by atoms with Crippen LogP contribution >= 0.6 is 0 Å². The third-order valence-corrected chi connectivity index (χ3v) is 1.37. The van der Waals surface area contributed by atoms with Crippen molar-refractivity contribution in [1.29, 1.82) is 0 Å². The minimum absolute atomic E-state index is 0.738. The van der Waals surface area contributed by atoms with Crippen molar-refractivity contribution < 1.29 is 0 Å². The van der Waals surface area contributed by atoms with Crippen molar-refractivity contribution >= 4 is 0 Å². The predicted molar refractivity (Wildman–Crippen MR) is 52.5 cm³/mol. The fourth-order valence-electron chi connectivity index (χ4n) is 0.693. The summed E-state index contributed by atoms with van der Waals surface area (Å²) in [5.74, 6) is 0. The van der Waals surface area contributed by atoms with Crippen molar-refractivity contribution in [3.05, 3.63) is 12.4 Å². The number of nitrogens with two attached hydrogens (primary N) is 2. The van der Waals surface area contributed by atoms with E-state index >= 15 is 0 Å². The fraction of sp³-hybridized carbons (Fsp3) is 0.750. The summed E-state index contributed by atoms with van der Waals surface area (Å²) >= 11 is 0. The first kappa shape index (κ1) is 11.3. The van der Waals surface area contributed by atoms with E-state index in [0.29, 0.717) is 0 Å². The van der Waals surface area contributed by atoms with Gasteiger partial charge in [0.15, 0.2) is 0 Å². The lowest BCUT2D eigenvalue weighted by molar-refractivity contribution is 0.737. The van der Waals surface area contributed by atoms with Crippen LogP contribution in [0.4, 0.5) is 0 Å². The van der Waals surface area contributed by atoms with Crippen LogP contribution in [0, 0.1) is 0 Å². The largest absolute Gasteiger partial charge is 0.390 e. The molecule has 72 valence electrons. The molecule has 0 aliphatic heterocycles. The fourth-order valence-corrected chi connectivity index (χ4v) is 0.693. The van der Waals surface area contributed by atoms with Gasteiger partial charge >= 0.3 is 0 Å². The maximum atomic E-state index is 5.32. The van der Waals surface area contributed by atoms with Crippen molar-refractivity contribution in [2.75, 3.05) is 26.2 Å². The van der Waals surface area contributed by atoms with E-state index < -0.39 is 0 Å². The quantitative estimate of drug-likeness (QED) is 0.366. The summed E-state index contributed by atoms with van der Waals surface area (Å²) < 4.78 is 0. The molecule has 0 aromatic rings. The number of hydrogen-bond acceptors (Lipinski definition) is 4. The standard InChI is InChI=1S/C8H20N4/c9-3-1-5-11-7-8-12-6-2-4-10/h7-8,11-12H,1-6,9-10H2/b8-7+. The molecule has 12 heavy (non-hydrogen) atoms. The van der Waals surface area contributed by atoms with Crippen LogP contribution in [0.2, 0.25) is 0 Å². The Morgan fingerprint density at radius 3 is 1.58 bits per heavy atom. The molecule has 0 bridgehead atoms. The van der Waals surface area contributed by atoms with E-state index in [9.17, 15) is 0 Å². The van der Waals surface area contributed by atoms with Crippen LogP contribution in [0.1, 0.15) is 12.8 Å². The van der Waals surface area contributed by atoms with Gasteiger partial charge in [0.2, 0.25) is 0 Å². The second-order valence-corrected chi connectivity index (χ2v) is 2.53. The van der Waals surface area contributed by atoms with Gasteiger partial charge in [-0.1, -0.05) is 0 Å². The van der Waals surface area contributed by atoms with Gasteiger partial charge in [0.05, 0.1) is 0 Å². The average molecular weight is 172 g/mol. The molecular weight excluding hydrogens is 152 g/mol. The van der Waals surface area contributed by atoms with Crippen LogP contribution in [-0.2, 0) is 0 Å². The van der Waals surface area contributed by atoms with E-state index in [2.05, 4.69) is 10.6 Å². The van der Waals surface area contributed by atoms with E-state index in [1.807, 2.05) is 12.4 Å². The average Bonchev–Trinajstić information content (AvgIpc) is 2.10. The molecule has 4 nitrogen and oxygen atoms in total. The van der Waals surface area contributed by atoms with Gasteiger partial charge in [0.25, 0.3) is 0 Å². The number of nitrogens with one attached hydrogen (secondary N) is 2. The van der Waals surface area contributed by atoms with Crippen molar-refractivity contribution in [3.63, 3.8) is 0 Å². The molecule has 0 radical (unpaired) electrons. The predicted octanol–water partition coefficient (Wildman–Crippen LogP) is -0.666. The van der Waals surface area contributed by atoms with Gasteiger partial charge in [0, 0.05) is 25.5 Å². The SMILES string of the molecule is NCCCN/C=C/NCCCN. The summed E-state index contributed by atoms with van der Waals surface area (Å²) in [5, 5.41) is 6.22. The lowest BCUT2D eigenvalue weighted by Gasteiger charge is -1.99. The molecular formula is C8H20N4. The Labute approximate surface area is 74.4 Å². The molecule has 0 aliphatic carbocycles. The van der Waals surface area contributed by atoms with Crippen LogP contribution in [0.15, 0.2) is 12.4 Å². The molecule has 0 amide bonds. The van der Waals surface area contributed by atoms with E-state index in [-0.39, 0.29) is 0 Å². The summed E-state index contributed by atoms with van der Waals surface area (Å²) in [6.45, 7) is 3.35. The Hall–Kier alpha value is -0.740. The minimum Gasteiger partial charge on any atom is -0.390 e. The topological polar surface area (TPSA) is 76.1 Å². The lowest BCUT2D eigenvalue weighted by atomic mass is 10.4. The molecule has 0 saturated heterocycles. The molecule has 0 atom stereocenters. The van der Waals surface area contributed by atoms with E-state index in [4.69, 9.17) is 11.5 Å². The number of rotatable bonds is 8. The molecule has 0 heterocycles. The monoisotopic (exact) mass is 172 g/mol. The van der Waals surface area contributed by atoms with Gasteiger partial charge in [0.1, 0.15) is 0 Å². The highest BCUT2D eigenvalue weighted by Gasteiger charge is 1.79. The molecule has 0 aromatic heterocycles. The summed E-state index contributed by atoms with van der Waals surface area (Å²) in [6.07, 6.45) is 5.80. The van der Waals surface area contributed by atoms with Gasteiger partial charge in [-0.25, -0.2) is 0 Å². The Kier molecular flexibility index (Phi) is 9.63. The highest BCUT2D eigenvalue weighted by atomic mass is 14.9. The minimum atomic E-state index is 0.738. The van der Waals surface area contributed by atoms with Gasteiger partial charge in [-0.3, -0.25) is 0 Å². The Morgan fingerprint density at radius 1 is 0.833 bits per heavy atom. The summed E-state index contributed by atoms with van der Waals surface area (Å²) in [4.78, 5) is 0. The van der Waals surface area contributed by atoms with Gasteiger partial charge in [-0.2, -0.15) is 0 Å².